The highest BCUT2D eigenvalue weighted by atomic mass is 35.5. The van der Waals surface area contributed by atoms with Gasteiger partial charge in [0, 0.05) is 6.42 Å². The van der Waals surface area contributed by atoms with E-state index >= 15 is 0 Å². The molecule has 0 fully saturated rings. The average molecular weight is 317 g/mol. The first kappa shape index (κ1) is 20.5. The number of allylic oxidation sites excluding steroid dienone is 2. The van der Waals surface area contributed by atoms with Crippen molar-refractivity contribution in [1.82, 2.24) is 0 Å². The molecule has 2 nitrogen and oxygen atoms in total. The summed E-state index contributed by atoms with van der Waals surface area (Å²) in [5.41, 5.74) is 0. The number of rotatable bonds is 15. The number of halogens is 1. The number of alkyl halides is 1. The van der Waals surface area contributed by atoms with Gasteiger partial charge < -0.3 is 5.11 Å². The minimum atomic E-state index is -0.680. The quantitative estimate of drug-likeness (QED) is 0.218. The molecule has 21 heavy (non-hydrogen) atoms. The molecule has 0 aliphatic rings. The van der Waals surface area contributed by atoms with Crippen molar-refractivity contribution in [3.05, 3.63) is 12.2 Å². The van der Waals surface area contributed by atoms with Crippen LogP contribution in [0.15, 0.2) is 12.2 Å². The molecule has 1 unspecified atom stereocenters. The number of carbonyl (C=O) groups is 1. The van der Waals surface area contributed by atoms with Gasteiger partial charge >= 0.3 is 5.97 Å². The van der Waals surface area contributed by atoms with E-state index in [4.69, 9.17) is 16.7 Å². The molecule has 1 atom stereocenters. The van der Waals surface area contributed by atoms with Gasteiger partial charge in [-0.2, -0.15) is 0 Å². The summed E-state index contributed by atoms with van der Waals surface area (Å²) in [6, 6.07) is 0. The number of unbranched alkanes of at least 4 members (excludes halogenated alkanes) is 9. The highest BCUT2D eigenvalue weighted by Crippen LogP contribution is 2.13. The molecule has 3 heteroatoms. The molecule has 0 amide bonds. The summed E-state index contributed by atoms with van der Waals surface area (Å²) in [6.45, 7) is 2.24. The molecule has 124 valence electrons. The Hall–Kier alpha value is -0.500. The molecular formula is C18H33ClO2. The molecule has 0 aromatic rings. The topological polar surface area (TPSA) is 37.3 Å². The molecule has 1 N–H and O–H groups in total. The summed E-state index contributed by atoms with van der Waals surface area (Å²) < 4.78 is 0. The van der Waals surface area contributed by atoms with E-state index in [-0.39, 0.29) is 5.38 Å². The third-order valence-electron chi connectivity index (χ3n) is 3.69. The van der Waals surface area contributed by atoms with Gasteiger partial charge in [0.2, 0.25) is 0 Å². The van der Waals surface area contributed by atoms with Crippen LogP contribution in [0, 0.1) is 0 Å². The zero-order valence-corrected chi connectivity index (χ0v) is 14.4. The first-order chi connectivity index (χ1) is 10.2. The summed E-state index contributed by atoms with van der Waals surface area (Å²) in [7, 11) is 0. The summed E-state index contributed by atoms with van der Waals surface area (Å²) in [6.07, 6.45) is 18.7. The number of hydrogen-bond donors (Lipinski definition) is 1. The van der Waals surface area contributed by atoms with Gasteiger partial charge in [-0.05, 0) is 25.7 Å². The van der Waals surface area contributed by atoms with Crippen LogP contribution in [0.1, 0.15) is 90.4 Å². The van der Waals surface area contributed by atoms with Crippen LogP contribution < -0.4 is 0 Å². The monoisotopic (exact) mass is 316 g/mol. The SMILES string of the molecule is CCCCCCCC(Cl)C=CCCCCCCCC(=O)O. The van der Waals surface area contributed by atoms with Crippen LogP contribution in [0.5, 0.6) is 0 Å². The van der Waals surface area contributed by atoms with Gasteiger partial charge in [-0.1, -0.05) is 70.4 Å². The van der Waals surface area contributed by atoms with Crippen molar-refractivity contribution < 1.29 is 9.90 Å². The minimum Gasteiger partial charge on any atom is -0.481 e. The second-order valence-corrected chi connectivity index (χ2v) is 6.41. The fraction of sp³-hybridized carbons (Fsp3) is 0.833. The Morgan fingerprint density at radius 3 is 2.33 bits per heavy atom. The van der Waals surface area contributed by atoms with E-state index in [0.717, 1.165) is 32.1 Å². The van der Waals surface area contributed by atoms with Crippen molar-refractivity contribution in [2.45, 2.75) is 95.8 Å². The summed E-state index contributed by atoms with van der Waals surface area (Å²) in [5, 5.41) is 8.72. The number of carboxylic acid groups (broad SMARTS) is 1. The molecule has 0 aliphatic heterocycles. The molecular weight excluding hydrogens is 284 g/mol. The van der Waals surface area contributed by atoms with Crippen LogP contribution in [0.25, 0.3) is 0 Å². The maximum atomic E-state index is 10.3. The van der Waals surface area contributed by atoms with Crippen molar-refractivity contribution in [3.63, 3.8) is 0 Å². The number of carboxylic acids is 1. The lowest BCUT2D eigenvalue weighted by molar-refractivity contribution is -0.137. The maximum Gasteiger partial charge on any atom is 0.303 e. The summed E-state index contributed by atoms with van der Waals surface area (Å²) in [5.74, 6) is -0.680. The standard InChI is InChI=1S/C18H33ClO2/c1-2-3-4-8-11-14-17(19)15-12-9-6-5-7-10-13-16-18(20)21/h12,15,17H,2-11,13-14,16H2,1H3,(H,20,21). The van der Waals surface area contributed by atoms with Crippen LogP contribution in [0.3, 0.4) is 0 Å². The largest absolute Gasteiger partial charge is 0.481 e. The third kappa shape index (κ3) is 17.4. The molecule has 0 aromatic carbocycles. The van der Waals surface area contributed by atoms with E-state index in [2.05, 4.69) is 19.1 Å². The molecule has 0 aromatic heterocycles. The van der Waals surface area contributed by atoms with Crippen LogP contribution in [-0.2, 0) is 4.79 Å². The summed E-state index contributed by atoms with van der Waals surface area (Å²) >= 11 is 6.26. The van der Waals surface area contributed by atoms with E-state index < -0.39 is 5.97 Å². The van der Waals surface area contributed by atoms with E-state index in [1.165, 1.54) is 44.9 Å². The fourth-order valence-corrected chi connectivity index (χ4v) is 2.61. The van der Waals surface area contributed by atoms with E-state index in [0.29, 0.717) is 6.42 Å². The number of aliphatic carboxylic acids is 1. The Morgan fingerprint density at radius 2 is 1.62 bits per heavy atom. The van der Waals surface area contributed by atoms with Gasteiger partial charge in [-0.15, -0.1) is 11.6 Å². The van der Waals surface area contributed by atoms with Crippen molar-refractivity contribution in [2.24, 2.45) is 0 Å². The van der Waals surface area contributed by atoms with Gasteiger partial charge in [0.25, 0.3) is 0 Å². The van der Waals surface area contributed by atoms with Crippen LogP contribution in [0.4, 0.5) is 0 Å². The Bertz CT molecular complexity index is 264. The lowest BCUT2D eigenvalue weighted by Gasteiger charge is -2.04. The second kappa shape index (κ2) is 15.9. The van der Waals surface area contributed by atoms with Crippen molar-refractivity contribution in [2.75, 3.05) is 0 Å². The molecule has 0 bridgehead atoms. The smallest absolute Gasteiger partial charge is 0.303 e. The fourth-order valence-electron chi connectivity index (χ4n) is 2.35. The maximum absolute atomic E-state index is 10.3. The average Bonchev–Trinajstić information content (AvgIpc) is 2.45. The highest BCUT2D eigenvalue weighted by molar-refractivity contribution is 6.21. The van der Waals surface area contributed by atoms with Gasteiger partial charge in [-0.3, -0.25) is 4.79 Å². The Labute approximate surface area is 136 Å². The molecule has 0 radical (unpaired) electrons. The van der Waals surface area contributed by atoms with Gasteiger partial charge in [0.1, 0.15) is 0 Å². The van der Waals surface area contributed by atoms with E-state index in [1.54, 1.807) is 0 Å². The van der Waals surface area contributed by atoms with E-state index in [9.17, 15) is 4.79 Å². The highest BCUT2D eigenvalue weighted by Gasteiger charge is 1.99. The third-order valence-corrected chi connectivity index (χ3v) is 4.05. The summed E-state index contributed by atoms with van der Waals surface area (Å²) in [4.78, 5) is 10.3. The van der Waals surface area contributed by atoms with Crippen molar-refractivity contribution in [3.8, 4) is 0 Å². The first-order valence-corrected chi connectivity index (χ1v) is 9.13. The minimum absolute atomic E-state index is 0.196. The molecule has 0 saturated carbocycles. The predicted molar refractivity (Wildman–Crippen MR) is 92.1 cm³/mol. The molecule has 0 saturated heterocycles. The van der Waals surface area contributed by atoms with Crippen molar-refractivity contribution >= 4 is 17.6 Å². The second-order valence-electron chi connectivity index (χ2n) is 5.85. The Kier molecular flexibility index (Phi) is 15.5. The lowest BCUT2D eigenvalue weighted by atomic mass is 10.1. The molecule has 0 rings (SSSR count). The zero-order valence-electron chi connectivity index (χ0n) is 13.7. The normalized spacial score (nSPS) is 12.9. The molecule has 0 spiro atoms. The van der Waals surface area contributed by atoms with E-state index in [1.807, 2.05) is 0 Å². The van der Waals surface area contributed by atoms with Gasteiger partial charge in [-0.25, -0.2) is 0 Å². The lowest BCUT2D eigenvalue weighted by Crippen LogP contribution is -1.93. The zero-order chi connectivity index (χ0) is 15.8. The number of hydrogen-bond acceptors (Lipinski definition) is 1. The molecule has 0 aliphatic carbocycles. The van der Waals surface area contributed by atoms with Crippen LogP contribution in [-0.4, -0.2) is 16.5 Å². The Balaban J connectivity index is 3.28. The molecule has 0 heterocycles. The Morgan fingerprint density at radius 1 is 1.00 bits per heavy atom. The first-order valence-electron chi connectivity index (χ1n) is 8.69. The van der Waals surface area contributed by atoms with Crippen LogP contribution >= 0.6 is 11.6 Å². The van der Waals surface area contributed by atoms with Gasteiger partial charge in [0.05, 0.1) is 5.38 Å². The van der Waals surface area contributed by atoms with Crippen LogP contribution in [0.2, 0.25) is 0 Å². The van der Waals surface area contributed by atoms with Crippen molar-refractivity contribution in [1.29, 1.82) is 0 Å². The van der Waals surface area contributed by atoms with Gasteiger partial charge in [0.15, 0.2) is 0 Å². The predicted octanol–water partition coefficient (Wildman–Crippen LogP) is 6.33.